The van der Waals surface area contributed by atoms with Crippen molar-refractivity contribution in [3.8, 4) is 0 Å². The van der Waals surface area contributed by atoms with E-state index >= 15 is 0 Å². The van der Waals surface area contributed by atoms with Gasteiger partial charge in [0, 0.05) is 6.42 Å². The minimum atomic E-state index is -0.00210. The van der Waals surface area contributed by atoms with Gasteiger partial charge in [0.1, 0.15) is 6.10 Å². The summed E-state index contributed by atoms with van der Waals surface area (Å²) in [6.07, 6.45) is 18.9. The van der Waals surface area contributed by atoms with Gasteiger partial charge in [0.15, 0.2) is 5.34 Å². The van der Waals surface area contributed by atoms with Crippen LogP contribution < -0.4 is 0 Å². The molecular formula is C29H47NO2. The highest BCUT2D eigenvalue weighted by Crippen LogP contribution is 2.66. The Bertz CT molecular complexity index is 729. The molecule has 0 aromatic rings. The third kappa shape index (κ3) is 4.23. The van der Waals surface area contributed by atoms with Crippen molar-refractivity contribution in [3.63, 3.8) is 0 Å². The minimum absolute atomic E-state index is 0.00210. The fourth-order valence-corrected chi connectivity index (χ4v) is 9.05. The zero-order valence-corrected chi connectivity index (χ0v) is 21.2. The Morgan fingerprint density at radius 1 is 1.19 bits per heavy atom. The Kier molecular flexibility index (Phi) is 7.23. The topological polar surface area (TPSA) is 38.7 Å². The monoisotopic (exact) mass is 441 g/mol. The fourth-order valence-electron chi connectivity index (χ4n) is 9.05. The third-order valence-electron chi connectivity index (χ3n) is 11.0. The predicted octanol–water partition coefficient (Wildman–Crippen LogP) is 8.79. The van der Waals surface area contributed by atoms with E-state index in [-0.39, 0.29) is 6.10 Å². The molecule has 8 atom stereocenters. The molecular weight excluding hydrogens is 394 g/mol. The van der Waals surface area contributed by atoms with Gasteiger partial charge in [-0.25, -0.2) is 0 Å². The summed E-state index contributed by atoms with van der Waals surface area (Å²) in [5, 5.41) is 2.76. The summed E-state index contributed by atoms with van der Waals surface area (Å²) < 4.78 is 0. The Labute approximate surface area is 196 Å². The second-order valence-electron chi connectivity index (χ2n) is 12.3. The average Bonchev–Trinajstić information content (AvgIpc) is 3.05. The number of hydrogen-bond acceptors (Lipinski definition) is 3. The molecule has 180 valence electrons. The SMILES string of the molecule is C=C(CC)CCC[C@@H](C)C1CC[C@H]2[C@H]3CCC=C4C[C@@H](ON=O)CC[C@]4(C)[C@H]3CC[C@]12C. The maximum Gasteiger partial charge on any atom is 0.155 e. The van der Waals surface area contributed by atoms with Gasteiger partial charge in [-0.15, -0.1) is 4.91 Å². The van der Waals surface area contributed by atoms with E-state index in [9.17, 15) is 4.91 Å². The average molecular weight is 442 g/mol. The molecule has 3 nitrogen and oxygen atoms in total. The number of rotatable bonds is 8. The predicted molar refractivity (Wildman–Crippen MR) is 133 cm³/mol. The van der Waals surface area contributed by atoms with Crippen LogP contribution in [-0.4, -0.2) is 6.10 Å². The van der Waals surface area contributed by atoms with E-state index in [4.69, 9.17) is 4.84 Å². The number of hydrogen-bond donors (Lipinski definition) is 0. The Morgan fingerprint density at radius 2 is 2.00 bits per heavy atom. The molecule has 3 heteroatoms. The second kappa shape index (κ2) is 9.63. The highest BCUT2D eigenvalue weighted by molar-refractivity contribution is 5.23. The maximum absolute atomic E-state index is 10.7. The lowest BCUT2D eigenvalue weighted by Crippen LogP contribution is -2.48. The standard InChI is InChI=1S/C29H47NO2/c1-6-20(2)9-7-10-21(3)25-13-14-26-24-12-8-11-22-19-23(32-30-31)15-17-28(22,4)27(24)16-18-29(25,26)5/h11,21,23-27H,2,6-10,12-19H2,1,3-5H3/t21-,23+,24-,25?,26+,27+,28+,29-/m1/s1. The molecule has 0 aliphatic heterocycles. The first-order valence-corrected chi connectivity index (χ1v) is 13.7. The Morgan fingerprint density at radius 3 is 2.75 bits per heavy atom. The first-order chi connectivity index (χ1) is 15.3. The minimum Gasteiger partial charge on any atom is -0.360 e. The lowest BCUT2D eigenvalue weighted by Gasteiger charge is -2.55. The van der Waals surface area contributed by atoms with Crippen molar-refractivity contribution in [3.05, 3.63) is 28.7 Å². The van der Waals surface area contributed by atoms with Crippen molar-refractivity contribution in [2.24, 2.45) is 45.8 Å². The van der Waals surface area contributed by atoms with Crippen LogP contribution in [0.3, 0.4) is 0 Å². The molecule has 0 saturated heterocycles. The zero-order valence-electron chi connectivity index (χ0n) is 21.2. The van der Waals surface area contributed by atoms with E-state index in [1.807, 2.05) is 0 Å². The van der Waals surface area contributed by atoms with E-state index in [2.05, 4.69) is 45.7 Å². The van der Waals surface area contributed by atoms with Crippen molar-refractivity contribution in [2.45, 2.75) is 117 Å². The Hall–Kier alpha value is -1.12. The van der Waals surface area contributed by atoms with Crippen molar-refractivity contribution in [1.82, 2.24) is 0 Å². The molecule has 0 heterocycles. The van der Waals surface area contributed by atoms with E-state index in [0.29, 0.717) is 10.8 Å². The number of fused-ring (bicyclic) bond motifs is 5. The van der Waals surface area contributed by atoms with E-state index in [1.54, 1.807) is 5.57 Å². The summed E-state index contributed by atoms with van der Waals surface area (Å²) in [6.45, 7) is 14.2. The van der Waals surface area contributed by atoms with Crippen molar-refractivity contribution in [2.75, 3.05) is 0 Å². The number of allylic oxidation sites excluding steroid dienone is 2. The molecule has 3 fully saturated rings. The fraction of sp³-hybridized carbons (Fsp3) is 0.862. The van der Waals surface area contributed by atoms with Crippen molar-refractivity contribution >= 4 is 0 Å². The van der Waals surface area contributed by atoms with Crippen LogP contribution in [0, 0.1) is 45.3 Å². The van der Waals surface area contributed by atoms with Gasteiger partial charge in [-0.1, -0.05) is 57.9 Å². The van der Waals surface area contributed by atoms with Gasteiger partial charge in [0.05, 0.1) is 0 Å². The van der Waals surface area contributed by atoms with Gasteiger partial charge in [-0.05, 0) is 111 Å². The molecule has 3 saturated carbocycles. The summed E-state index contributed by atoms with van der Waals surface area (Å²) >= 11 is 0. The van der Waals surface area contributed by atoms with Gasteiger partial charge in [-0.3, -0.25) is 0 Å². The summed E-state index contributed by atoms with van der Waals surface area (Å²) in [5.41, 5.74) is 3.83. The summed E-state index contributed by atoms with van der Waals surface area (Å²) in [7, 11) is 0. The molecule has 0 amide bonds. The van der Waals surface area contributed by atoms with E-state index in [1.165, 1.54) is 63.4 Å². The molecule has 4 aliphatic carbocycles. The molecule has 4 rings (SSSR count). The van der Waals surface area contributed by atoms with Crippen LogP contribution in [0.4, 0.5) is 0 Å². The highest BCUT2D eigenvalue weighted by atomic mass is 16.7. The van der Waals surface area contributed by atoms with E-state index in [0.717, 1.165) is 55.3 Å². The van der Waals surface area contributed by atoms with Crippen LogP contribution >= 0.6 is 0 Å². The van der Waals surface area contributed by atoms with Crippen LogP contribution in [-0.2, 0) is 4.84 Å². The van der Waals surface area contributed by atoms with Gasteiger partial charge in [0.2, 0.25) is 0 Å². The van der Waals surface area contributed by atoms with Crippen LogP contribution in [0.2, 0.25) is 0 Å². The van der Waals surface area contributed by atoms with Crippen molar-refractivity contribution < 1.29 is 4.84 Å². The zero-order chi connectivity index (χ0) is 22.9. The second-order valence-corrected chi connectivity index (χ2v) is 12.3. The molecule has 0 aromatic carbocycles. The van der Waals surface area contributed by atoms with Crippen LogP contribution in [0.25, 0.3) is 0 Å². The molecule has 0 radical (unpaired) electrons. The van der Waals surface area contributed by atoms with E-state index < -0.39 is 0 Å². The summed E-state index contributed by atoms with van der Waals surface area (Å²) in [4.78, 5) is 15.8. The highest BCUT2D eigenvalue weighted by Gasteiger charge is 2.58. The van der Waals surface area contributed by atoms with Crippen LogP contribution in [0.1, 0.15) is 111 Å². The smallest absolute Gasteiger partial charge is 0.155 e. The largest absolute Gasteiger partial charge is 0.360 e. The van der Waals surface area contributed by atoms with Gasteiger partial charge in [0.25, 0.3) is 0 Å². The van der Waals surface area contributed by atoms with Crippen LogP contribution in [0.15, 0.2) is 29.1 Å². The first-order valence-electron chi connectivity index (χ1n) is 13.7. The molecule has 1 unspecified atom stereocenters. The number of nitrogens with zero attached hydrogens (tertiary/aromatic N) is 1. The molecule has 0 aromatic heterocycles. The molecule has 32 heavy (non-hydrogen) atoms. The van der Waals surface area contributed by atoms with Crippen LogP contribution in [0.5, 0.6) is 0 Å². The summed E-state index contributed by atoms with van der Waals surface area (Å²) in [6, 6.07) is 0. The molecule has 0 spiro atoms. The molecule has 4 aliphatic rings. The Balaban J connectivity index is 1.46. The quantitative estimate of drug-likeness (QED) is 0.214. The van der Waals surface area contributed by atoms with Gasteiger partial charge in [-0.2, -0.15) is 0 Å². The molecule has 0 bridgehead atoms. The maximum atomic E-state index is 10.7. The summed E-state index contributed by atoms with van der Waals surface area (Å²) in [5.74, 6) is 4.31. The van der Waals surface area contributed by atoms with Gasteiger partial charge < -0.3 is 4.84 Å². The lowest BCUT2D eigenvalue weighted by atomic mass is 9.49. The lowest BCUT2D eigenvalue weighted by molar-refractivity contribution is -0.0568. The first kappa shape index (κ1) is 24.0. The van der Waals surface area contributed by atoms with Crippen molar-refractivity contribution in [1.29, 1.82) is 0 Å². The normalized spacial score (nSPS) is 42.0. The van der Waals surface area contributed by atoms with Gasteiger partial charge >= 0.3 is 0 Å². The third-order valence-corrected chi connectivity index (χ3v) is 11.0. The molecule has 0 N–H and O–H groups in total.